The molecule has 0 aliphatic heterocycles. The number of hydrogen-bond donors (Lipinski definition) is 0. The van der Waals surface area contributed by atoms with E-state index in [-0.39, 0.29) is 19.0 Å². The van der Waals surface area contributed by atoms with Gasteiger partial charge in [0.05, 0.1) is 23.7 Å². The van der Waals surface area contributed by atoms with Crippen LogP contribution < -0.4 is 4.74 Å². The van der Waals surface area contributed by atoms with Gasteiger partial charge in [-0.15, -0.1) is 11.3 Å². The minimum absolute atomic E-state index is 0.117. The summed E-state index contributed by atoms with van der Waals surface area (Å²) in [5, 5.41) is 1.42. The Morgan fingerprint density at radius 2 is 1.87 bits per heavy atom. The number of nitrogens with zero attached hydrogens (tertiary/aromatic N) is 1. The van der Waals surface area contributed by atoms with Crippen LogP contribution in [0.25, 0.3) is 21.9 Å². The molecule has 0 aliphatic rings. The van der Waals surface area contributed by atoms with Gasteiger partial charge in [-0.2, -0.15) is 0 Å². The monoisotopic (exact) mass is 449 g/mol. The molecule has 1 aromatic heterocycles. The first-order valence-corrected chi connectivity index (χ1v) is 10.9. The van der Waals surface area contributed by atoms with Crippen molar-refractivity contribution in [2.45, 2.75) is 13.0 Å². The largest absolute Gasteiger partial charge is 0.497 e. The molecule has 4 nitrogen and oxygen atoms in total. The Labute approximate surface area is 189 Å². The number of aromatic nitrogens is 1. The van der Waals surface area contributed by atoms with E-state index in [1.165, 1.54) is 0 Å². The Balaban J connectivity index is 1.58. The van der Waals surface area contributed by atoms with Crippen LogP contribution in [0.15, 0.2) is 72.8 Å². The third-order valence-corrected chi connectivity index (χ3v) is 6.00. The van der Waals surface area contributed by atoms with Crippen molar-refractivity contribution in [1.29, 1.82) is 0 Å². The van der Waals surface area contributed by atoms with Crippen LogP contribution in [0.1, 0.15) is 22.6 Å². The molecule has 3 aromatic carbocycles. The number of para-hydroxylation sites is 1. The summed E-state index contributed by atoms with van der Waals surface area (Å²) in [7, 11) is 1.63. The predicted molar refractivity (Wildman–Crippen MR) is 126 cm³/mol. The Kier molecular flexibility index (Phi) is 6.65. The second-order valence-corrected chi connectivity index (χ2v) is 8.36. The van der Waals surface area contributed by atoms with Gasteiger partial charge in [0.25, 0.3) is 0 Å². The van der Waals surface area contributed by atoms with Crippen LogP contribution >= 0.6 is 22.9 Å². The quantitative estimate of drug-likeness (QED) is 0.297. The first-order chi connectivity index (χ1) is 15.1. The molecule has 0 amide bonds. The summed E-state index contributed by atoms with van der Waals surface area (Å²) in [6, 6.07) is 22.9. The molecule has 0 unspecified atom stereocenters. The highest BCUT2D eigenvalue weighted by Gasteiger charge is 2.15. The molecule has 156 valence electrons. The number of thiazole rings is 1. The van der Waals surface area contributed by atoms with E-state index in [9.17, 15) is 4.79 Å². The summed E-state index contributed by atoms with van der Waals surface area (Å²) in [5.41, 5.74) is 3.53. The van der Waals surface area contributed by atoms with Crippen molar-refractivity contribution in [3.05, 3.63) is 94.0 Å². The average molecular weight is 450 g/mol. The molecule has 0 spiro atoms. The van der Waals surface area contributed by atoms with Gasteiger partial charge in [-0.3, -0.25) is 4.79 Å². The average Bonchev–Trinajstić information content (AvgIpc) is 3.22. The van der Waals surface area contributed by atoms with Gasteiger partial charge < -0.3 is 9.47 Å². The van der Waals surface area contributed by atoms with Gasteiger partial charge in [-0.05, 0) is 59.2 Å². The minimum Gasteiger partial charge on any atom is -0.497 e. The summed E-state index contributed by atoms with van der Waals surface area (Å²) >= 11 is 7.57. The molecule has 4 rings (SSSR count). The standard InChI is InChI=1S/C25H20ClNO3S/c1-29-21-11-9-17(10-12-21)13-19(25-27-22-7-2-3-8-23(22)31-25)15-24(28)30-16-18-5-4-6-20(26)14-18/h2-14H,15-16H2,1H3. The molecule has 0 atom stereocenters. The molecule has 31 heavy (non-hydrogen) atoms. The number of rotatable bonds is 7. The fourth-order valence-corrected chi connectivity index (χ4v) is 4.29. The molecule has 0 fully saturated rings. The summed E-state index contributed by atoms with van der Waals surface area (Å²) in [6.45, 7) is 0.176. The topological polar surface area (TPSA) is 48.4 Å². The first kappa shape index (κ1) is 21.1. The van der Waals surface area contributed by atoms with Crippen molar-refractivity contribution in [3.63, 3.8) is 0 Å². The van der Waals surface area contributed by atoms with Gasteiger partial charge >= 0.3 is 5.97 Å². The molecule has 0 saturated carbocycles. The molecule has 6 heteroatoms. The molecule has 4 aromatic rings. The van der Waals surface area contributed by atoms with Crippen LogP contribution in [0.5, 0.6) is 5.75 Å². The van der Waals surface area contributed by atoms with E-state index in [4.69, 9.17) is 26.1 Å². The Morgan fingerprint density at radius 3 is 2.61 bits per heavy atom. The van der Waals surface area contributed by atoms with Gasteiger partial charge in [0.1, 0.15) is 17.4 Å². The first-order valence-electron chi connectivity index (χ1n) is 9.71. The molecule has 0 N–H and O–H groups in total. The molecule has 1 heterocycles. The van der Waals surface area contributed by atoms with Gasteiger partial charge in [-0.25, -0.2) is 4.98 Å². The Bertz CT molecular complexity index is 1200. The number of carbonyl (C=O) groups is 1. The SMILES string of the molecule is COc1ccc(C=C(CC(=O)OCc2cccc(Cl)c2)c2nc3ccccc3s2)cc1. The number of methoxy groups -OCH3 is 1. The van der Waals surface area contributed by atoms with Crippen molar-refractivity contribution < 1.29 is 14.3 Å². The lowest BCUT2D eigenvalue weighted by molar-refractivity contribution is -0.143. The van der Waals surface area contributed by atoms with E-state index in [1.54, 1.807) is 30.6 Å². The number of benzene rings is 3. The maximum Gasteiger partial charge on any atom is 0.310 e. The third kappa shape index (κ3) is 5.51. The van der Waals surface area contributed by atoms with Crippen LogP contribution in [0, 0.1) is 0 Å². The predicted octanol–water partition coefficient (Wildman–Crippen LogP) is 6.63. The lowest BCUT2D eigenvalue weighted by Crippen LogP contribution is -2.05. The van der Waals surface area contributed by atoms with E-state index < -0.39 is 0 Å². The number of hydrogen-bond acceptors (Lipinski definition) is 5. The van der Waals surface area contributed by atoms with E-state index in [0.29, 0.717) is 5.02 Å². The molecule has 0 aliphatic carbocycles. The highest BCUT2D eigenvalue weighted by atomic mass is 35.5. The van der Waals surface area contributed by atoms with Crippen molar-refractivity contribution in [1.82, 2.24) is 4.98 Å². The van der Waals surface area contributed by atoms with E-state index in [0.717, 1.165) is 37.7 Å². The normalized spacial score (nSPS) is 11.5. The van der Waals surface area contributed by atoms with Crippen molar-refractivity contribution in [2.75, 3.05) is 7.11 Å². The van der Waals surface area contributed by atoms with Crippen LogP contribution in [0.2, 0.25) is 5.02 Å². The van der Waals surface area contributed by atoms with Crippen LogP contribution in [-0.2, 0) is 16.1 Å². The van der Waals surface area contributed by atoms with Gasteiger partial charge in [0.2, 0.25) is 0 Å². The van der Waals surface area contributed by atoms with Crippen molar-refractivity contribution >= 4 is 50.8 Å². The summed E-state index contributed by atoms with van der Waals surface area (Å²) < 4.78 is 11.8. The number of carbonyl (C=O) groups excluding carboxylic acids is 1. The van der Waals surface area contributed by atoms with Crippen molar-refractivity contribution in [2.24, 2.45) is 0 Å². The zero-order chi connectivity index (χ0) is 21.6. The highest BCUT2D eigenvalue weighted by Crippen LogP contribution is 2.31. The highest BCUT2D eigenvalue weighted by molar-refractivity contribution is 7.19. The molecule has 0 saturated heterocycles. The zero-order valence-corrected chi connectivity index (χ0v) is 18.5. The second-order valence-electron chi connectivity index (χ2n) is 6.90. The number of ether oxygens (including phenoxy) is 2. The third-order valence-electron chi connectivity index (χ3n) is 4.65. The minimum atomic E-state index is -0.320. The molecule has 0 radical (unpaired) electrons. The van der Waals surface area contributed by atoms with E-state index >= 15 is 0 Å². The summed E-state index contributed by atoms with van der Waals surface area (Å²) in [5.74, 6) is 0.457. The summed E-state index contributed by atoms with van der Waals surface area (Å²) in [6.07, 6.45) is 2.09. The van der Waals surface area contributed by atoms with E-state index in [2.05, 4.69) is 0 Å². The van der Waals surface area contributed by atoms with Gasteiger partial charge in [0.15, 0.2) is 0 Å². The van der Waals surface area contributed by atoms with Gasteiger partial charge in [-0.1, -0.05) is 48.0 Å². The lowest BCUT2D eigenvalue weighted by Gasteiger charge is -2.08. The number of fused-ring (bicyclic) bond motifs is 1. The van der Waals surface area contributed by atoms with Crippen molar-refractivity contribution in [3.8, 4) is 5.75 Å². The second kappa shape index (κ2) is 9.77. The molecule has 0 bridgehead atoms. The maximum absolute atomic E-state index is 12.7. The van der Waals surface area contributed by atoms with Crippen LogP contribution in [-0.4, -0.2) is 18.1 Å². The van der Waals surface area contributed by atoms with Crippen LogP contribution in [0.3, 0.4) is 0 Å². The smallest absolute Gasteiger partial charge is 0.310 e. The Morgan fingerprint density at radius 1 is 1.06 bits per heavy atom. The zero-order valence-electron chi connectivity index (χ0n) is 16.9. The molecular weight excluding hydrogens is 430 g/mol. The van der Waals surface area contributed by atoms with Gasteiger partial charge in [0, 0.05) is 5.02 Å². The Hall–Kier alpha value is -3.15. The molecular formula is C25H20ClNO3S. The maximum atomic E-state index is 12.7. The summed E-state index contributed by atoms with van der Waals surface area (Å²) in [4.78, 5) is 17.4. The van der Waals surface area contributed by atoms with Crippen LogP contribution in [0.4, 0.5) is 0 Å². The fraction of sp³-hybridized carbons (Fsp3) is 0.120. The number of esters is 1. The fourth-order valence-electron chi connectivity index (χ4n) is 3.10. The van der Waals surface area contributed by atoms with E-state index in [1.807, 2.05) is 66.7 Å². The lowest BCUT2D eigenvalue weighted by atomic mass is 10.1. The number of halogens is 1.